The first-order valence-corrected chi connectivity index (χ1v) is 9.42. The van der Waals surface area contributed by atoms with Crippen LogP contribution in [0.25, 0.3) is 22.0 Å². The highest BCUT2D eigenvalue weighted by Crippen LogP contribution is 2.38. The Morgan fingerprint density at radius 3 is 2.53 bits per heavy atom. The SMILES string of the molecule is O=C(O)COc1cc(=O)[nH]c2cc(-c3cccc(Oc4ccccc4)c3Cl)ccc12. The lowest BCUT2D eigenvalue weighted by Gasteiger charge is -2.12. The van der Waals surface area contributed by atoms with Gasteiger partial charge in [-0.2, -0.15) is 0 Å². The number of hydrogen-bond donors (Lipinski definition) is 2. The molecule has 150 valence electrons. The van der Waals surface area contributed by atoms with Gasteiger partial charge in [0.05, 0.1) is 10.5 Å². The van der Waals surface area contributed by atoms with Crippen LogP contribution >= 0.6 is 11.6 Å². The van der Waals surface area contributed by atoms with E-state index in [0.717, 1.165) is 11.1 Å². The number of carboxylic acid groups (broad SMARTS) is 1. The van der Waals surface area contributed by atoms with E-state index in [1.165, 1.54) is 6.07 Å². The van der Waals surface area contributed by atoms with Crippen LogP contribution in [0.15, 0.2) is 77.6 Å². The van der Waals surface area contributed by atoms with Crippen LogP contribution in [0.1, 0.15) is 0 Å². The molecule has 6 nitrogen and oxygen atoms in total. The molecule has 0 radical (unpaired) electrons. The number of aromatic amines is 1. The molecule has 0 amide bonds. The fourth-order valence-corrected chi connectivity index (χ4v) is 3.36. The fraction of sp³-hybridized carbons (Fsp3) is 0.0435. The topological polar surface area (TPSA) is 88.6 Å². The molecule has 0 aliphatic rings. The number of carbonyl (C=O) groups is 1. The van der Waals surface area contributed by atoms with Crippen LogP contribution in [0.4, 0.5) is 0 Å². The summed E-state index contributed by atoms with van der Waals surface area (Å²) in [6.07, 6.45) is 0. The van der Waals surface area contributed by atoms with Crippen molar-refractivity contribution in [3.05, 3.63) is 88.2 Å². The number of hydrogen-bond acceptors (Lipinski definition) is 4. The van der Waals surface area contributed by atoms with E-state index in [-0.39, 0.29) is 5.75 Å². The molecule has 0 saturated heterocycles. The number of nitrogens with one attached hydrogen (secondary N) is 1. The van der Waals surface area contributed by atoms with Crippen LogP contribution in [0.5, 0.6) is 17.2 Å². The Morgan fingerprint density at radius 2 is 1.77 bits per heavy atom. The van der Waals surface area contributed by atoms with Crippen LogP contribution < -0.4 is 15.0 Å². The first-order chi connectivity index (χ1) is 14.5. The monoisotopic (exact) mass is 421 g/mol. The summed E-state index contributed by atoms with van der Waals surface area (Å²) in [6.45, 7) is -0.537. The molecule has 0 fully saturated rings. The number of ether oxygens (including phenoxy) is 2. The van der Waals surface area contributed by atoms with Crippen molar-refractivity contribution in [2.24, 2.45) is 0 Å². The van der Waals surface area contributed by atoms with Crippen LogP contribution in [0, 0.1) is 0 Å². The minimum absolute atomic E-state index is 0.204. The summed E-state index contributed by atoms with van der Waals surface area (Å²) in [7, 11) is 0. The second-order valence-corrected chi connectivity index (χ2v) is 6.85. The zero-order valence-corrected chi connectivity index (χ0v) is 16.3. The Balaban J connectivity index is 1.74. The van der Waals surface area contributed by atoms with E-state index in [9.17, 15) is 9.59 Å². The summed E-state index contributed by atoms with van der Waals surface area (Å²) in [5, 5.41) is 9.86. The zero-order chi connectivity index (χ0) is 21.1. The predicted octanol–water partition coefficient (Wildman–Crippen LogP) is 5.10. The van der Waals surface area contributed by atoms with E-state index in [2.05, 4.69) is 4.98 Å². The minimum atomic E-state index is -1.12. The van der Waals surface area contributed by atoms with Crippen LogP contribution in [0.3, 0.4) is 0 Å². The number of fused-ring (bicyclic) bond motifs is 1. The Bertz CT molecular complexity index is 1280. The fourth-order valence-electron chi connectivity index (χ4n) is 3.08. The van der Waals surface area contributed by atoms with Gasteiger partial charge in [-0.1, -0.05) is 48.0 Å². The number of halogens is 1. The Labute approximate surface area is 176 Å². The molecule has 30 heavy (non-hydrogen) atoms. The predicted molar refractivity (Wildman–Crippen MR) is 115 cm³/mol. The molecule has 0 spiro atoms. The molecule has 7 heteroatoms. The van der Waals surface area contributed by atoms with Gasteiger partial charge in [0.15, 0.2) is 6.61 Å². The molecular formula is C23H16ClNO5. The summed E-state index contributed by atoms with van der Waals surface area (Å²) < 4.78 is 11.1. The van der Waals surface area contributed by atoms with Crippen molar-refractivity contribution < 1.29 is 19.4 Å². The zero-order valence-electron chi connectivity index (χ0n) is 15.6. The Kier molecular flexibility index (Phi) is 5.41. The highest BCUT2D eigenvalue weighted by molar-refractivity contribution is 6.34. The summed E-state index contributed by atoms with van der Waals surface area (Å²) in [6, 6.07) is 21.3. The van der Waals surface area contributed by atoms with Gasteiger partial charge in [-0.25, -0.2) is 4.79 Å². The number of rotatable bonds is 6. The number of benzene rings is 3. The lowest BCUT2D eigenvalue weighted by Crippen LogP contribution is -2.12. The maximum Gasteiger partial charge on any atom is 0.341 e. The molecule has 2 N–H and O–H groups in total. The molecule has 4 aromatic rings. The van der Waals surface area contributed by atoms with E-state index in [1.54, 1.807) is 18.2 Å². The molecular weight excluding hydrogens is 406 g/mol. The van der Waals surface area contributed by atoms with Crippen LogP contribution in [0.2, 0.25) is 5.02 Å². The average molecular weight is 422 g/mol. The largest absolute Gasteiger partial charge is 0.481 e. The molecule has 1 aromatic heterocycles. The van der Waals surface area contributed by atoms with E-state index in [1.807, 2.05) is 48.5 Å². The van der Waals surface area contributed by atoms with E-state index < -0.39 is 18.1 Å². The van der Waals surface area contributed by atoms with E-state index in [0.29, 0.717) is 27.4 Å². The molecule has 4 rings (SSSR count). The molecule has 0 aliphatic heterocycles. The molecule has 0 saturated carbocycles. The second-order valence-electron chi connectivity index (χ2n) is 6.47. The summed E-state index contributed by atoms with van der Waals surface area (Å²) in [4.78, 5) is 25.5. The molecule has 1 heterocycles. The summed E-state index contributed by atoms with van der Waals surface area (Å²) in [5.41, 5.74) is 1.60. The second kappa shape index (κ2) is 8.31. The average Bonchev–Trinajstić information content (AvgIpc) is 2.73. The van der Waals surface area contributed by atoms with Crippen molar-refractivity contribution in [3.8, 4) is 28.4 Å². The van der Waals surface area contributed by atoms with Crippen molar-refractivity contribution in [2.75, 3.05) is 6.61 Å². The summed E-state index contributed by atoms with van der Waals surface area (Å²) in [5.74, 6) is 0.254. The maximum absolute atomic E-state index is 12.0. The van der Waals surface area contributed by atoms with Gasteiger partial charge in [0, 0.05) is 17.0 Å². The molecule has 0 aliphatic carbocycles. The third kappa shape index (κ3) is 4.14. The normalized spacial score (nSPS) is 10.7. The van der Waals surface area contributed by atoms with Crippen molar-refractivity contribution >= 4 is 28.5 Å². The van der Waals surface area contributed by atoms with Gasteiger partial charge in [0.1, 0.15) is 17.2 Å². The number of para-hydroxylation sites is 1. The van der Waals surface area contributed by atoms with Crippen LogP contribution in [-0.4, -0.2) is 22.7 Å². The Morgan fingerprint density at radius 1 is 0.967 bits per heavy atom. The maximum atomic E-state index is 12.0. The van der Waals surface area contributed by atoms with E-state index >= 15 is 0 Å². The lowest BCUT2D eigenvalue weighted by molar-refractivity contribution is -0.139. The third-order valence-electron chi connectivity index (χ3n) is 4.40. The van der Waals surface area contributed by atoms with Crippen molar-refractivity contribution in [1.82, 2.24) is 4.98 Å². The first kappa shape index (κ1) is 19.5. The first-order valence-electron chi connectivity index (χ1n) is 9.05. The van der Waals surface area contributed by atoms with Gasteiger partial charge in [-0.3, -0.25) is 4.79 Å². The van der Waals surface area contributed by atoms with Gasteiger partial charge in [-0.15, -0.1) is 0 Å². The number of pyridine rings is 1. The van der Waals surface area contributed by atoms with Gasteiger partial charge in [0.25, 0.3) is 5.56 Å². The number of H-pyrrole nitrogens is 1. The molecule has 0 bridgehead atoms. The van der Waals surface area contributed by atoms with Gasteiger partial charge < -0.3 is 19.6 Å². The highest BCUT2D eigenvalue weighted by atomic mass is 35.5. The molecule has 0 atom stereocenters. The highest BCUT2D eigenvalue weighted by Gasteiger charge is 2.13. The van der Waals surface area contributed by atoms with Crippen molar-refractivity contribution in [3.63, 3.8) is 0 Å². The van der Waals surface area contributed by atoms with Crippen LogP contribution in [-0.2, 0) is 4.79 Å². The van der Waals surface area contributed by atoms with Crippen molar-refractivity contribution in [1.29, 1.82) is 0 Å². The number of aliphatic carboxylic acids is 1. The minimum Gasteiger partial charge on any atom is -0.481 e. The number of carboxylic acids is 1. The lowest BCUT2D eigenvalue weighted by atomic mass is 10.0. The molecule has 0 unspecified atom stereocenters. The smallest absolute Gasteiger partial charge is 0.341 e. The number of aromatic nitrogens is 1. The van der Waals surface area contributed by atoms with Gasteiger partial charge in [-0.05, 0) is 35.9 Å². The van der Waals surface area contributed by atoms with Crippen molar-refractivity contribution in [2.45, 2.75) is 0 Å². The van der Waals surface area contributed by atoms with E-state index in [4.69, 9.17) is 26.2 Å². The van der Waals surface area contributed by atoms with Gasteiger partial charge in [0.2, 0.25) is 0 Å². The molecule has 3 aromatic carbocycles. The van der Waals surface area contributed by atoms with Gasteiger partial charge >= 0.3 is 5.97 Å². The standard InChI is InChI=1S/C23H16ClNO5/c24-23-16(7-4-8-19(23)30-15-5-2-1-3-6-15)14-9-10-17-18(11-14)25-21(26)12-20(17)29-13-22(27)28/h1-12H,13H2,(H,25,26)(H,27,28). The quantitative estimate of drug-likeness (QED) is 0.452. The Hall–Kier alpha value is -3.77. The third-order valence-corrected chi connectivity index (χ3v) is 4.79. The summed E-state index contributed by atoms with van der Waals surface area (Å²) >= 11 is 6.60.